The summed E-state index contributed by atoms with van der Waals surface area (Å²) in [7, 11) is 0. The first-order chi connectivity index (χ1) is 5.84. The zero-order chi connectivity index (χ0) is 8.39. The van der Waals surface area contributed by atoms with Gasteiger partial charge >= 0.3 is 0 Å². The van der Waals surface area contributed by atoms with Gasteiger partial charge in [0.15, 0.2) is 0 Å². The molecule has 0 radical (unpaired) electrons. The molecule has 2 fully saturated rings. The van der Waals surface area contributed by atoms with Gasteiger partial charge in [-0.2, -0.15) is 0 Å². The van der Waals surface area contributed by atoms with Crippen LogP contribution < -0.4 is 5.32 Å². The van der Waals surface area contributed by atoms with E-state index in [1.807, 2.05) is 0 Å². The molecule has 70 valence electrons. The molecule has 1 aliphatic heterocycles. The highest BCUT2D eigenvalue weighted by Crippen LogP contribution is 2.29. The van der Waals surface area contributed by atoms with Crippen LogP contribution in [0.3, 0.4) is 0 Å². The van der Waals surface area contributed by atoms with Crippen LogP contribution >= 0.6 is 0 Å². The van der Waals surface area contributed by atoms with Gasteiger partial charge in [0.25, 0.3) is 0 Å². The molecular formula is C9H17NO2. The fourth-order valence-electron chi connectivity index (χ4n) is 1.72. The third-order valence-electron chi connectivity index (χ3n) is 2.83. The maximum Gasteiger partial charge on any atom is 0.0823 e. The molecule has 0 unspecified atom stereocenters. The predicted molar refractivity (Wildman–Crippen MR) is 46.0 cm³/mol. The van der Waals surface area contributed by atoms with Gasteiger partial charge in [-0.05, 0) is 25.2 Å². The van der Waals surface area contributed by atoms with E-state index in [4.69, 9.17) is 9.84 Å². The van der Waals surface area contributed by atoms with Crippen molar-refractivity contribution in [2.45, 2.75) is 31.5 Å². The van der Waals surface area contributed by atoms with E-state index in [-0.39, 0.29) is 6.10 Å². The van der Waals surface area contributed by atoms with Crippen molar-refractivity contribution >= 4 is 0 Å². The molecule has 0 aromatic carbocycles. The lowest BCUT2D eigenvalue weighted by atomic mass is 9.80. The minimum Gasteiger partial charge on any atom is -0.393 e. The summed E-state index contributed by atoms with van der Waals surface area (Å²) in [5.41, 5.74) is 0. The quantitative estimate of drug-likeness (QED) is 0.632. The number of aliphatic hydroxyl groups is 1. The number of ether oxygens (including phenoxy) is 1. The maximum atomic E-state index is 9.03. The maximum absolute atomic E-state index is 9.03. The molecule has 3 nitrogen and oxygen atoms in total. The summed E-state index contributed by atoms with van der Waals surface area (Å²) < 4.78 is 5.58. The molecule has 0 aromatic rings. The van der Waals surface area contributed by atoms with E-state index in [1.54, 1.807) is 0 Å². The summed E-state index contributed by atoms with van der Waals surface area (Å²) in [6, 6.07) is 0. The molecule has 0 bridgehead atoms. The SMILES string of the molecule is OC1CC(CCOC2CNC2)C1. The smallest absolute Gasteiger partial charge is 0.0823 e. The first kappa shape index (κ1) is 8.48. The molecule has 0 amide bonds. The zero-order valence-corrected chi connectivity index (χ0v) is 7.33. The lowest BCUT2D eigenvalue weighted by Gasteiger charge is -2.33. The molecule has 12 heavy (non-hydrogen) atoms. The molecule has 1 saturated carbocycles. The number of aliphatic hydroxyl groups excluding tert-OH is 1. The Labute approximate surface area is 73.1 Å². The van der Waals surface area contributed by atoms with Crippen LogP contribution in [0.5, 0.6) is 0 Å². The Bertz CT molecular complexity index is 141. The van der Waals surface area contributed by atoms with Gasteiger partial charge in [-0.25, -0.2) is 0 Å². The number of rotatable bonds is 4. The lowest BCUT2D eigenvalue weighted by molar-refractivity contribution is -0.0136. The van der Waals surface area contributed by atoms with Crippen LogP contribution in [-0.2, 0) is 4.74 Å². The monoisotopic (exact) mass is 171 g/mol. The minimum absolute atomic E-state index is 0.0135. The first-order valence-electron chi connectivity index (χ1n) is 4.85. The third-order valence-corrected chi connectivity index (χ3v) is 2.83. The van der Waals surface area contributed by atoms with Crippen molar-refractivity contribution in [1.82, 2.24) is 5.32 Å². The van der Waals surface area contributed by atoms with E-state index in [0.29, 0.717) is 6.10 Å². The van der Waals surface area contributed by atoms with Gasteiger partial charge < -0.3 is 15.2 Å². The molecule has 0 spiro atoms. The van der Waals surface area contributed by atoms with Crippen molar-refractivity contribution in [3.8, 4) is 0 Å². The van der Waals surface area contributed by atoms with Crippen molar-refractivity contribution in [2.75, 3.05) is 19.7 Å². The molecule has 2 N–H and O–H groups in total. The summed E-state index contributed by atoms with van der Waals surface area (Å²) in [5.74, 6) is 0.730. The fourth-order valence-corrected chi connectivity index (χ4v) is 1.72. The van der Waals surface area contributed by atoms with E-state index in [0.717, 1.165) is 44.9 Å². The van der Waals surface area contributed by atoms with Gasteiger partial charge in [-0.3, -0.25) is 0 Å². The lowest BCUT2D eigenvalue weighted by Crippen LogP contribution is -2.48. The Kier molecular flexibility index (Phi) is 2.63. The summed E-state index contributed by atoms with van der Waals surface area (Å²) in [6.07, 6.45) is 3.57. The predicted octanol–water partition coefficient (Wildman–Crippen LogP) is 0.136. The van der Waals surface area contributed by atoms with Crippen molar-refractivity contribution < 1.29 is 9.84 Å². The van der Waals surface area contributed by atoms with Crippen LogP contribution in [0.15, 0.2) is 0 Å². The van der Waals surface area contributed by atoms with Crippen molar-refractivity contribution in [1.29, 1.82) is 0 Å². The molecule has 1 saturated heterocycles. The van der Waals surface area contributed by atoms with Crippen LogP contribution in [0.4, 0.5) is 0 Å². The van der Waals surface area contributed by atoms with E-state index >= 15 is 0 Å². The first-order valence-corrected chi connectivity index (χ1v) is 4.85. The number of hydrogen-bond acceptors (Lipinski definition) is 3. The van der Waals surface area contributed by atoms with Crippen LogP contribution in [0.2, 0.25) is 0 Å². The van der Waals surface area contributed by atoms with Gasteiger partial charge in [-0.15, -0.1) is 0 Å². The molecule has 0 aromatic heterocycles. The normalized spacial score (nSPS) is 35.8. The van der Waals surface area contributed by atoms with E-state index in [2.05, 4.69) is 5.32 Å². The average Bonchev–Trinajstić information content (AvgIpc) is 1.90. The second kappa shape index (κ2) is 3.73. The summed E-state index contributed by atoms with van der Waals surface area (Å²) in [5, 5.41) is 12.2. The van der Waals surface area contributed by atoms with E-state index in [9.17, 15) is 0 Å². The highest BCUT2D eigenvalue weighted by molar-refractivity contribution is 4.79. The molecular weight excluding hydrogens is 154 g/mol. The van der Waals surface area contributed by atoms with Gasteiger partial charge in [0.1, 0.15) is 0 Å². The van der Waals surface area contributed by atoms with Crippen LogP contribution in [0.1, 0.15) is 19.3 Å². The van der Waals surface area contributed by atoms with E-state index < -0.39 is 0 Å². The second-order valence-electron chi connectivity index (χ2n) is 3.93. The minimum atomic E-state index is -0.0135. The van der Waals surface area contributed by atoms with E-state index in [1.165, 1.54) is 0 Å². The molecule has 3 heteroatoms. The molecule has 2 rings (SSSR count). The van der Waals surface area contributed by atoms with Crippen LogP contribution in [-0.4, -0.2) is 37.0 Å². The Morgan fingerprint density at radius 3 is 2.58 bits per heavy atom. The molecule has 1 heterocycles. The molecule has 0 atom stereocenters. The largest absolute Gasteiger partial charge is 0.393 e. The Balaban J connectivity index is 1.46. The number of nitrogens with one attached hydrogen (secondary N) is 1. The van der Waals surface area contributed by atoms with Gasteiger partial charge in [0.05, 0.1) is 12.2 Å². The Morgan fingerprint density at radius 1 is 1.33 bits per heavy atom. The van der Waals surface area contributed by atoms with Crippen LogP contribution in [0.25, 0.3) is 0 Å². The van der Waals surface area contributed by atoms with Gasteiger partial charge in [-0.1, -0.05) is 0 Å². The van der Waals surface area contributed by atoms with Crippen LogP contribution in [0, 0.1) is 5.92 Å². The van der Waals surface area contributed by atoms with Crippen molar-refractivity contribution in [3.63, 3.8) is 0 Å². The summed E-state index contributed by atoms with van der Waals surface area (Å²) >= 11 is 0. The highest BCUT2D eigenvalue weighted by Gasteiger charge is 2.27. The van der Waals surface area contributed by atoms with Gasteiger partial charge in [0, 0.05) is 19.7 Å². The summed E-state index contributed by atoms with van der Waals surface area (Å²) in [6.45, 7) is 2.92. The van der Waals surface area contributed by atoms with Gasteiger partial charge in [0.2, 0.25) is 0 Å². The zero-order valence-electron chi connectivity index (χ0n) is 7.33. The standard InChI is InChI=1S/C9H17NO2/c11-8-3-7(4-8)1-2-12-9-5-10-6-9/h7-11H,1-6H2. The topological polar surface area (TPSA) is 41.5 Å². The highest BCUT2D eigenvalue weighted by atomic mass is 16.5. The molecule has 2 aliphatic rings. The number of hydrogen-bond donors (Lipinski definition) is 2. The van der Waals surface area contributed by atoms with Crippen molar-refractivity contribution in [2.24, 2.45) is 5.92 Å². The summed E-state index contributed by atoms with van der Waals surface area (Å²) in [4.78, 5) is 0. The average molecular weight is 171 g/mol. The molecule has 1 aliphatic carbocycles. The third kappa shape index (κ3) is 1.97. The second-order valence-corrected chi connectivity index (χ2v) is 3.93. The Hall–Kier alpha value is -0.120. The van der Waals surface area contributed by atoms with Crippen molar-refractivity contribution in [3.05, 3.63) is 0 Å². The fraction of sp³-hybridized carbons (Fsp3) is 1.00. The Morgan fingerprint density at radius 2 is 2.08 bits per heavy atom.